The normalized spacial score (nSPS) is 10.3. The van der Waals surface area contributed by atoms with E-state index in [-0.39, 0.29) is 5.75 Å². The lowest BCUT2D eigenvalue weighted by Gasteiger charge is -2.05. The van der Waals surface area contributed by atoms with Crippen LogP contribution in [0.5, 0.6) is 6.01 Å². The van der Waals surface area contributed by atoms with Crippen LogP contribution in [0.3, 0.4) is 0 Å². The van der Waals surface area contributed by atoms with Gasteiger partial charge in [0.1, 0.15) is 0 Å². The van der Waals surface area contributed by atoms with Gasteiger partial charge in [0.2, 0.25) is 0 Å². The van der Waals surface area contributed by atoms with Crippen molar-refractivity contribution in [1.82, 2.24) is 14.8 Å². The zero-order chi connectivity index (χ0) is 11.3. The second kappa shape index (κ2) is 5.59. The largest absolute Gasteiger partial charge is 0.481 e. The third kappa shape index (κ3) is 3.12. The number of carboxylic acids is 1. The number of aromatic nitrogens is 3. The van der Waals surface area contributed by atoms with E-state index in [1.807, 2.05) is 6.92 Å². The van der Waals surface area contributed by atoms with E-state index in [2.05, 4.69) is 10.2 Å². The molecule has 0 aliphatic carbocycles. The van der Waals surface area contributed by atoms with Crippen LogP contribution in [0.4, 0.5) is 0 Å². The third-order valence-corrected chi connectivity index (χ3v) is 2.59. The Labute approximate surface area is 91.6 Å². The highest BCUT2D eigenvalue weighted by molar-refractivity contribution is 7.99. The van der Waals surface area contributed by atoms with Gasteiger partial charge in [-0.15, -0.1) is 5.10 Å². The molecule has 0 fully saturated rings. The van der Waals surface area contributed by atoms with E-state index >= 15 is 0 Å². The Hall–Kier alpha value is -1.24. The summed E-state index contributed by atoms with van der Waals surface area (Å²) in [5.74, 6) is -0.893. The van der Waals surface area contributed by atoms with Gasteiger partial charge in [0.25, 0.3) is 0 Å². The van der Waals surface area contributed by atoms with E-state index in [1.165, 1.54) is 7.11 Å². The number of carbonyl (C=O) groups is 1. The van der Waals surface area contributed by atoms with Crippen molar-refractivity contribution >= 4 is 17.7 Å². The first-order valence-electron chi connectivity index (χ1n) is 4.50. The molecule has 0 saturated heterocycles. The van der Waals surface area contributed by atoms with E-state index in [4.69, 9.17) is 9.84 Å². The summed E-state index contributed by atoms with van der Waals surface area (Å²) in [6, 6.07) is 0.421. The van der Waals surface area contributed by atoms with E-state index < -0.39 is 5.97 Å². The van der Waals surface area contributed by atoms with Gasteiger partial charge in [0, 0.05) is 6.54 Å². The number of nitrogens with zero attached hydrogens (tertiary/aromatic N) is 3. The molecule has 0 unspecified atom stereocenters. The van der Waals surface area contributed by atoms with Gasteiger partial charge in [-0.25, -0.2) is 0 Å². The molecule has 0 aromatic carbocycles. The Morgan fingerprint density at radius 3 is 2.87 bits per heavy atom. The molecule has 0 bridgehead atoms. The second-order valence-corrected chi connectivity index (χ2v) is 3.75. The summed E-state index contributed by atoms with van der Waals surface area (Å²) in [7, 11) is 1.52. The van der Waals surface area contributed by atoms with Crippen molar-refractivity contribution in [2.45, 2.75) is 25.0 Å². The topological polar surface area (TPSA) is 77.2 Å². The zero-order valence-electron chi connectivity index (χ0n) is 8.63. The molecular weight excluding hydrogens is 218 g/mol. The number of hydrogen-bond acceptors (Lipinski definition) is 5. The molecule has 0 saturated carbocycles. The quantitative estimate of drug-likeness (QED) is 0.732. The Bertz CT molecular complexity index is 340. The molecule has 1 aromatic rings. The summed E-state index contributed by atoms with van der Waals surface area (Å²) in [6.45, 7) is 2.74. The van der Waals surface area contributed by atoms with Crippen LogP contribution in [0.1, 0.15) is 13.3 Å². The fraction of sp³-hybridized carbons (Fsp3) is 0.625. The molecule has 1 rings (SSSR count). The Morgan fingerprint density at radius 2 is 2.33 bits per heavy atom. The number of methoxy groups -OCH3 is 1. The summed E-state index contributed by atoms with van der Waals surface area (Å²) in [4.78, 5) is 10.4. The maximum atomic E-state index is 10.4. The predicted octanol–water partition coefficient (Wildman–Crippen LogP) is 0.873. The molecule has 0 radical (unpaired) electrons. The minimum atomic E-state index is -0.870. The maximum Gasteiger partial charge on any atom is 0.317 e. The van der Waals surface area contributed by atoms with Crippen molar-refractivity contribution in [2.24, 2.45) is 0 Å². The fourth-order valence-corrected chi connectivity index (χ4v) is 1.75. The van der Waals surface area contributed by atoms with Crippen LogP contribution in [0.25, 0.3) is 0 Å². The zero-order valence-corrected chi connectivity index (χ0v) is 9.45. The first-order chi connectivity index (χ1) is 7.19. The van der Waals surface area contributed by atoms with E-state index in [9.17, 15) is 4.79 Å². The Kier molecular flexibility index (Phi) is 4.41. The number of aliphatic carboxylic acids is 1. The van der Waals surface area contributed by atoms with Gasteiger partial charge >= 0.3 is 12.0 Å². The number of hydrogen-bond donors (Lipinski definition) is 1. The van der Waals surface area contributed by atoms with Crippen LogP contribution < -0.4 is 4.74 Å². The van der Waals surface area contributed by atoms with Crippen molar-refractivity contribution in [3.63, 3.8) is 0 Å². The molecule has 84 valence electrons. The molecule has 7 heteroatoms. The molecule has 0 aliphatic heterocycles. The first kappa shape index (κ1) is 11.8. The van der Waals surface area contributed by atoms with Crippen LogP contribution in [-0.4, -0.2) is 38.7 Å². The number of rotatable bonds is 6. The molecule has 1 aromatic heterocycles. The van der Waals surface area contributed by atoms with Gasteiger partial charge in [0.15, 0.2) is 5.16 Å². The average molecular weight is 231 g/mol. The number of thioether (sulfide) groups is 1. The highest BCUT2D eigenvalue weighted by atomic mass is 32.2. The summed E-state index contributed by atoms with van der Waals surface area (Å²) in [5, 5.41) is 16.8. The molecule has 1 heterocycles. The van der Waals surface area contributed by atoms with E-state index in [1.54, 1.807) is 4.57 Å². The monoisotopic (exact) mass is 231 g/mol. The average Bonchev–Trinajstić information content (AvgIpc) is 2.58. The van der Waals surface area contributed by atoms with Gasteiger partial charge in [-0.05, 0) is 6.42 Å². The lowest BCUT2D eigenvalue weighted by atomic mass is 10.5. The second-order valence-electron chi connectivity index (χ2n) is 2.80. The summed E-state index contributed by atoms with van der Waals surface area (Å²) in [5.41, 5.74) is 0. The van der Waals surface area contributed by atoms with Crippen LogP contribution in [0.2, 0.25) is 0 Å². The van der Waals surface area contributed by atoms with E-state index in [0.29, 0.717) is 11.2 Å². The third-order valence-electron chi connectivity index (χ3n) is 1.64. The van der Waals surface area contributed by atoms with Crippen molar-refractivity contribution in [3.8, 4) is 6.01 Å². The molecule has 0 amide bonds. The van der Waals surface area contributed by atoms with Gasteiger partial charge in [-0.1, -0.05) is 23.8 Å². The van der Waals surface area contributed by atoms with Crippen molar-refractivity contribution in [2.75, 3.05) is 12.9 Å². The fourth-order valence-electron chi connectivity index (χ4n) is 1.07. The molecule has 1 N–H and O–H groups in total. The molecule has 6 nitrogen and oxygen atoms in total. The van der Waals surface area contributed by atoms with Crippen LogP contribution in [0.15, 0.2) is 5.16 Å². The van der Waals surface area contributed by atoms with Gasteiger partial charge < -0.3 is 9.84 Å². The standard InChI is InChI=1S/C8H13N3O3S/c1-3-4-11-7(14-2)9-10-8(11)15-5-6(12)13/h3-5H2,1-2H3,(H,12,13). The van der Waals surface area contributed by atoms with Crippen molar-refractivity contribution in [3.05, 3.63) is 0 Å². The highest BCUT2D eigenvalue weighted by Crippen LogP contribution is 2.20. The minimum absolute atomic E-state index is 0.0223. The Balaban J connectivity index is 2.77. The number of ether oxygens (including phenoxy) is 1. The lowest BCUT2D eigenvalue weighted by molar-refractivity contribution is -0.133. The van der Waals surface area contributed by atoms with Gasteiger partial charge in [-0.2, -0.15) is 0 Å². The van der Waals surface area contributed by atoms with Crippen LogP contribution in [0, 0.1) is 0 Å². The highest BCUT2D eigenvalue weighted by Gasteiger charge is 2.13. The van der Waals surface area contributed by atoms with E-state index in [0.717, 1.165) is 24.7 Å². The van der Waals surface area contributed by atoms with Crippen molar-refractivity contribution in [1.29, 1.82) is 0 Å². The summed E-state index contributed by atoms with van der Waals surface area (Å²) < 4.78 is 6.79. The molecule has 0 aliphatic rings. The molecule has 0 atom stereocenters. The van der Waals surface area contributed by atoms with Crippen LogP contribution in [-0.2, 0) is 11.3 Å². The number of carboxylic acid groups (broad SMARTS) is 1. The molecule has 15 heavy (non-hydrogen) atoms. The minimum Gasteiger partial charge on any atom is -0.481 e. The van der Waals surface area contributed by atoms with Gasteiger partial charge in [0.05, 0.1) is 12.9 Å². The molecular formula is C8H13N3O3S. The van der Waals surface area contributed by atoms with Crippen molar-refractivity contribution < 1.29 is 14.6 Å². The maximum absolute atomic E-state index is 10.4. The van der Waals surface area contributed by atoms with Crippen LogP contribution >= 0.6 is 11.8 Å². The first-order valence-corrected chi connectivity index (χ1v) is 5.49. The SMILES string of the molecule is CCCn1c(OC)nnc1SCC(=O)O. The molecule has 0 spiro atoms. The summed E-state index contributed by atoms with van der Waals surface area (Å²) in [6.07, 6.45) is 0.912. The predicted molar refractivity (Wildman–Crippen MR) is 55.2 cm³/mol. The summed E-state index contributed by atoms with van der Waals surface area (Å²) >= 11 is 1.14. The van der Waals surface area contributed by atoms with Gasteiger partial charge in [-0.3, -0.25) is 9.36 Å². The lowest BCUT2D eigenvalue weighted by Crippen LogP contribution is -2.04. The smallest absolute Gasteiger partial charge is 0.317 e. The Morgan fingerprint density at radius 1 is 1.60 bits per heavy atom.